The van der Waals surface area contributed by atoms with Crippen LogP contribution in [0.15, 0.2) is 17.4 Å². The van der Waals surface area contributed by atoms with Gasteiger partial charge in [0.1, 0.15) is 11.7 Å². The van der Waals surface area contributed by atoms with Gasteiger partial charge in [0.15, 0.2) is 0 Å². The Labute approximate surface area is 88.8 Å². The van der Waals surface area contributed by atoms with Crippen molar-refractivity contribution in [1.29, 1.82) is 0 Å². The summed E-state index contributed by atoms with van der Waals surface area (Å²) >= 11 is 0. The van der Waals surface area contributed by atoms with E-state index in [4.69, 9.17) is 10.9 Å². The molecule has 1 heterocycles. The topological polar surface area (TPSA) is 88.5 Å². The fraction of sp³-hybridized carbons (Fsp3) is 0.556. The zero-order valence-electron chi connectivity index (χ0n) is 8.85. The summed E-state index contributed by atoms with van der Waals surface area (Å²) in [4.78, 5) is 0. The van der Waals surface area contributed by atoms with Crippen LogP contribution in [-0.4, -0.2) is 27.4 Å². The molecule has 0 aliphatic rings. The van der Waals surface area contributed by atoms with Gasteiger partial charge in [0.25, 0.3) is 0 Å². The lowest BCUT2D eigenvalue weighted by Crippen LogP contribution is -2.12. The summed E-state index contributed by atoms with van der Waals surface area (Å²) in [5.74, 6) is 1.16. The summed E-state index contributed by atoms with van der Waals surface area (Å²) in [5, 5.41) is 18.6. The van der Waals surface area contributed by atoms with Gasteiger partial charge in [0.2, 0.25) is 0 Å². The monoisotopic (exact) mass is 211 g/mol. The Morgan fingerprint density at radius 2 is 2.47 bits per heavy atom. The van der Waals surface area contributed by atoms with Crippen LogP contribution in [0.3, 0.4) is 0 Å². The average molecular weight is 211 g/mol. The summed E-state index contributed by atoms with van der Waals surface area (Å²) in [6, 6.07) is 1.92. The number of unbranched alkanes of at least 4 members (excludes halogenated alkanes) is 1. The molecule has 0 aromatic carbocycles. The maximum absolute atomic E-state index is 8.31. The molecule has 0 aliphatic heterocycles. The summed E-state index contributed by atoms with van der Waals surface area (Å²) in [6.07, 6.45) is 4.38. The van der Waals surface area contributed by atoms with Gasteiger partial charge >= 0.3 is 0 Å². The molecule has 0 radical (unpaired) electrons. The predicted molar refractivity (Wildman–Crippen MR) is 59.0 cm³/mol. The number of hydrogen-bond donors (Lipinski definition) is 3. The van der Waals surface area contributed by atoms with E-state index in [-0.39, 0.29) is 5.84 Å². The van der Waals surface area contributed by atoms with E-state index in [1.165, 1.54) is 0 Å². The van der Waals surface area contributed by atoms with E-state index in [0.717, 1.165) is 25.2 Å². The minimum atomic E-state index is 0.285. The molecule has 1 aromatic heterocycles. The quantitative estimate of drug-likeness (QED) is 0.213. The van der Waals surface area contributed by atoms with Gasteiger partial charge in [-0.3, -0.25) is 4.68 Å². The third-order valence-electron chi connectivity index (χ3n) is 2.01. The van der Waals surface area contributed by atoms with Crippen molar-refractivity contribution < 1.29 is 5.21 Å². The van der Waals surface area contributed by atoms with Gasteiger partial charge in [0.05, 0.1) is 0 Å². The molecule has 0 amide bonds. The lowest BCUT2D eigenvalue weighted by molar-refractivity contribution is 0.316. The van der Waals surface area contributed by atoms with E-state index in [9.17, 15) is 0 Å². The van der Waals surface area contributed by atoms with Crippen molar-refractivity contribution >= 4 is 11.7 Å². The third kappa shape index (κ3) is 4.35. The van der Waals surface area contributed by atoms with Crippen molar-refractivity contribution in [2.75, 3.05) is 11.9 Å². The molecule has 1 rings (SSSR count). The summed E-state index contributed by atoms with van der Waals surface area (Å²) in [5.41, 5.74) is 5.33. The van der Waals surface area contributed by atoms with Gasteiger partial charge in [-0.1, -0.05) is 5.16 Å². The first kappa shape index (κ1) is 11.4. The number of nitrogens with one attached hydrogen (secondary N) is 1. The Kier molecular flexibility index (Phi) is 4.46. The molecule has 0 fully saturated rings. The van der Waals surface area contributed by atoms with Crippen LogP contribution >= 0.6 is 0 Å². The minimum Gasteiger partial charge on any atom is -0.409 e. The lowest BCUT2D eigenvalue weighted by atomic mass is 10.2. The standard InChI is InChI=1S/C9H17N5O/c1-14-7-5-9(12-14)11-6-3-2-4-8(10)13-15/h5,7,15H,2-4,6H2,1H3,(H2,10,13)(H,11,12). The molecule has 1 aromatic rings. The normalized spacial score (nSPS) is 11.7. The number of nitrogens with two attached hydrogens (primary N) is 1. The molecule has 0 unspecified atom stereocenters. The number of amidine groups is 1. The number of nitrogens with zero attached hydrogens (tertiary/aromatic N) is 3. The van der Waals surface area contributed by atoms with Gasteiger partial charge in [-0.05, 0) is 12.8 Å². The molecule has 0 aliphatic carbocycles. The second-order valence-electron chi connectivity index (χ2n) is 3.35. The first-order valence-corrected chi connectivity index (χ1v) is 4.92. The van der Waals surface area contributed by atoms with Crippen molar-refractivity contribution in [2.24, 2.45) is 17.9 Å². The van der Waals surface area contributed by atoms with E-state index < -0.39 is 0 Å². The SMILES string of the molecule is Cn1ccc(NCCCCC(N)=NO)n1. The fourth-order valence-electron chi connectivity index (χ4n) is 1.21. The molecule has 4 N–H and O–H groups in total. The van der Waals surface area contributed by atoms with Gasteiger partial charge < -0.3 is 16.3 Å². The Morgan fingerprint density at radius 1 is 1.67 bits per heavy atom. The molecular formula is C9H17N5O. The Hall–Kier alpha value is -1.72. The number of oxime groups is 1. The fourth-order valence-corrected chi connectivity index (χ4v) is 1.21. The smallest absolute Gasteiger partial charge is 0.147 e. The first-order chi connectivity index (χ1) is 7.22. The molecule has 15 heavy (non-hydrogen) atoms. The zero-order chi connectivity index (χ0) is 11.1. The Balaban J connectivity index is 2.07. The molecule has 6 heteroatoms. The van der Waals surface area contributed by atoms with Crippen molar-refractivity contribution in [3.8, 4) is 0 Å². The third-order valence-corrected chi connectivity index (χ3v) is 2.01. The van der Waals surface area contributed by atoms with Crippen LogP contribution in [0.1, 0.15) is 19.3 Å². The van der Waals surface area contributed by atoms with Crippen molar-refractivity contribution in [1.82, 2.24) is 9.78 Å². The predicted octanol–water partition coefficient (Wildman–Crippen LogP) is 0.749. The Bertz CT molecular complexity index is 320. The van der Waals surface area contributed by atoms with E-state index in [0.29, 0.717) is 6.42 Å². The molecule has 0 atom stereocenters. The number of aryl methyl sites for hydroxylation is 1. The second kappa shape index (κ2) is 5.90. The van der Waals surface area contributed by atoms with Crippen LogP contribution < -0.4 is 11.1 Å². The van der Waals surface area contributed by atoms with E-state index in [1.807, 2.05) is 19.3 Å². The van der Waals surface area contributed by atoms with Crippen LogP contribution in [0.25, 0.3) is 0 Å². The van der Waals surface area contributed by atoms with Crippen LogP contribution in [0.4, 0.5) is 5.82 Å². The van der Waals surface area contributed by atoms with Crippen LogP contribution in [0, 0.1) is 0 Å². The highest BCUT2D eigenvalue weighted by Gasteiger charge is 1.96. The van der Waals surface area contributed by atoms with E-state index in [1.54, 1.807) is 4.68 Å². The molecule has 84 valence electrons. The van der Waals surface area contributed by atoms with Crippen LogP contribution in [0.2, 0.25) is 0 Å². The van der Waals surface area contributed by atoms with Gasteiger partial charge in [-0.25, -0.2) is 0 Å². The summed E-state index contributed by atoms with van der Waals surface area (Å²) in [6.45, 7) is 0.843. The second-order valence-corrected chi connectivity index (χ2v) is 3.35. The van der Waals surface area contributed by atoms with Crippen molar-refractivity contribution in [3.63, 3.8) is 0 Å². The van der Waals surface area contributed by atoms with Crippen molar-refractivity contribution in [2.45, 2.75) is 19.3 Å². The van der Waals surface area contributed by atoms with Gasteiger partial charge in [-0.15, -0.1) is 0 Å². The number of anilines is 1. The van der Waals surface area contributed by atoms with Crippen LogP contribution in [0.5, 0.6) is 0 Å². The highest BCUT2D eigenvalue weighted by atomic mass is 16.4. The molecule has 0 saturated carbocycles. The molecule has 0 saturated heterocycles. The van der Waals surface area contributed by atoms with Gasteiger partial charge in [0, 0.05) is 32.3 Å². The molecule has 0 spiro atoms. The maximum atomic E-state index is 8.31. The maximum Gasteiger partial charge on any atom is 0.147 e. The lowest BCUT2D eigenvalue weighted by Gasteiger charge is -2.02. The first-order valence-electron chi connectivity index (χ1n) is 4.92. The number of hydrogen-bond acceptors (Lipinski definition) is 4. The molecular weight excluding hydrogens is 194 g/mol. The zero-order valence-corrected chi connectivity index (χ0v) is 8.85. The van der Waals surface area contributed by atoms with Gasteiger partial charge in [-0.2, -0.15) is 5.10 Å². The molecule has 6 nitrogen and oxygen atoms in total. The summed E-state index contributed by atoms with van der Waals surface area (Å²) in [7, 11) is 1.88. The van der Waals surface area contributed by atoms with Crippen LogP contribution in [-0.2, 0) is 7.05 Å². The number of rotatable bonds is 6. The average Bonchev–Trinajstić information content (AvgIpc) is 2.63. The highest BCUT2D eigenvalue weighted by molar-refractivity contribution is 5.79. The van der Waals surface area contributed by atoms with Crippen molar-refractivity contribution in [3.05, 3.63) is 12.3 Å². The van der Waals surface area contributed by atoms with E-state index in [2.05, 4.69) is 15.6 Å². The highest BCUT2D eigenvalue weighted by Crippen LogP contribution is 2.02. The minimum absolute atomic E-state index is 0.285. The summed E-state index contributed by atoms with van der Waals surface area (Å²) < 4.78 is 1.75. The number of aromatic nitrogens is 2. The molecule has 0 bridgehead atoms. The largest absolute Gasteiger partial charge is 0.409 e. The van der Waals surface area contributed by atoms with E-state index >= 15 is 0 Å². The Morgan fingerprint density at radius 3 is 3.07 bits per heavy atom.